The zero-order valence-corrected chi connectivity index (χ0v) is 11.3. The Bertz CT molecular complexity index is 431. The molecule has 1 saturated carbocycles. The van der Waals surface area contributed by atoms with Crippen molar-refractivity contribution in [3.05, 3.63) is 35.9 Å². The molecule has 1 fully saturated rings. The Morgan fingerprint density at radius 1 is 1.32 bits per heavy atom. The fourth-order valence-corrected chi connectivity index (χ4v) is 2.51. The second kappa shape index (κ2) is 5.72. The van der Waals surface area contributed by atoms with Crippen LogP contribution in [0.15, 0.2) is 30.3 Å². The number of carbonyl (C=O) groups is 1. The van der Waals surface area contributed by atoms with Gasteiger partial charge in [0.25, 0.3) is 0 Å². The first-order valence-electron chi connectivity index (χ1n) is 6.85. The van der Waals surface area contributed by atoms with Crippen LogP contribution in [0.2, 0.25) is 0 Å². The van der Waals surface area contributed by atoms with E-state index in [0.717, 1.165) is 31.2 Å². The van der Waals surface area contributed by atoms with Gasteiger partial charge in [0.2, 0.25) is 5.91 Å². The second-order valence-electron chi connectivity index (χ2n) is 5.50. The molecule has 0 aliphatic heterocycles. The molecule has 2 rings (SSSR count). The summed E-state index contributed by atoms with van der Waals surface area (Å²) >= 11 is 0. The van der Waals surface area contributed by atoms with E-state index >= 15 is 0 Å². The van der Waals surface area contributed by atoms with Gasteiger partial charge in [-0.2, -0.15) is 0 Å². The van der Waals surface area contributed by atoms with Crippen LogP contribution in [0.25, 0.3) is 0 Å². The number of hydrogen-bond acceptors (Lipinski definition) is 3. The predicted molar refractivity (Wildman–Crippen MR) is 74.4 cm³/mol. The topological polar surface area (TPSA) is 75.4 Å². The van der Waals surface area contributed by atoms with E-state index in [1.54, 1.807) is 6.92 Å². The predicted octanol–water partition coefficient (Wildman–Crippen LogP) is 1.28. The lowest BCUT2D eigenvalue weighted by molar-refractivity contribution is -0.128. The fourth-order valence-electron chi connectivity index (χ4n) is 2.51. The SMILES string of the molecule is CC(N)(C(=O)N[C@H]1CCCC[C@@H]1O)c1ccccc1. The average Bonchev–Trinajstić information content (AvgIpc) is 2.42. The van der Waals surface area contributed by atoms with E-state index < -0.39 is 11.6 Å². The van der Waals surface area contributed by atoms with Crippen LogP contribution in [-0.4, -0.2) is 23.2 Å². The molecule has 1 aliphatic rings. The highest BCUT2D eigenvalue weighted by molar-refractivity contribution is 5.87. The van der Waals surface area contributed by atoms with Gasteiger partial charge >= 0.3 is 0 Å². The molecule has 104 valence electrons. The lowest BCUT2D eigenvalue weighted by Gasteiger charge is -2.32. The molecule has 0 radical (unpaired) electrons. The van der Waals surface area contributed by atoms with Gasteiger partial charge in [-0.1, -0.05) is 43.2 Å². The van der Waals surface area contributed by atoms with Gasteiger partial charge in [-0.05, 0) is 25.3 Å². The van der Waals surface area contributed by atoms with Crippen molar-refractivity contribution in [3.8, 4) is 0 Å². The Morgan fingerprint density at radius 3 is 2.58 bits per heavy atom. The molecule has 1 unspecified atom stereocenters. The quantitative estimate of drug-likeness (QED) is 0.768. The second-order valence-corrected chi connectivity index (χ2v) is 5.50. The van der Waals surface area contributed by atoms with Crippen molar-refractivity contribution in [3.63, 3.8) is 0 Å². The van der Waals surface area contributed by atoms with Crippen LogP contribution in [0.3, 0.4) is 0 Å². The fraction of sp³-hybridized carbons (Fsp3) is 0.533. The molecular formula is C15H22N2O2. The lowest BCUT2D eigenvalue weighted by Crippen LogP contribution is -2.55. The molecule has 0 bridgehead atoms. The zero-order valence-electron chi connectivity index (χ0n) is 11.3. The van der Waals surface area contributed by atoms with Gasteiger partial charge < -0.3 is 16.2 Å². The molecule has 1 aromatic carbocycles. The van der Waals surface area contributed by atoms with E-state index in [-0.39, 0.29) is 11.9 Å². The van der Waals surface area contributed by atoms with Gasteiger partial charge in [0.05, 0.1) is 12.1 Å². The molecule has 1 aromatic rings. The van der Waals surface area contributed by atoms with Gasteiger partial charge in [0.15, 0.2) is 0 Å². The minimum Gasteiger partial charge on any atom is -0.391 e. The summed E-state index contributed by atoms with van der Waals surface area (Å²) < 4.78 is 0. The summed E-state index contributed by atoms with van der Waals surface area (Å²) in [6, 6.07) is 9.13. The van der Waals surface area contributed by atoms with E-state index in [1.165, 1.54) is 0 Å². The molecule has 19 heavy (non-hydrogen) atoms. The van der Waals surface area contributed by atoms with E-state index in [0.29, 0.717) is 0 Å². The average molecular weight is 262 g/mol. The number of aliphatic hydroxyl groups is 1. The van der Waals surface area contributed by atoms with Crippen LogP contribution in [0.1, 0.15) is 38.2 Å². The summed E-state index contributed by atoms with van der Waals surface area (Å²) in [4.78, 5) is 12.3. The molecule has 1 amide bonds. The smallest absolute Gasteiger partial charge is 0.244 e. The number of carbonyl (C=O) groups excluding carboxylic acids is 1. The van der Waals surface area contributed by atoms with E-state index in [9.17, 15) is 9.90 Å². The third-order valence-electron chi connectivity index (χ3n) is 3.89. The zero-order chi connectivity index (χ0) is 13.9. The Kier molecular flexibility index (Phi) is 4.22. The van der Waals surface area contributed by atoms with Gasteiger partial charge in [-0.25, -0.2) is 0 Å². The van der Waals surface area contributed by atoms with Crippen molar-refractivity contribution < 1.29 is 9.90 Å². The van der Waals surface area contributed by atoms with Gasteiger partial charge in [-0.3, -0.25) is 4.79 Å². The van der Waals surface area contributed by atoms with Crippen LogP contribution >= 0.6 is 0 Å². The number of nitrogens with one attached hydrogen (secondary N) is 1. The minimum absolute atomic E-state index is 0.173. The van der Waals surface area contributed by atoms with Gasteiger partial charge in [0, 0.05) is 0 Å². The first-order valence-corrected chi connectivity index (χ1v) is 6.85. The van der Waals surface area contributed by atoms with E-state index in [1.807, 2.05) is 30.3 Å². The van der Waals surface area contributed by atoms with Crippen LogP contribution in [0.4, 0.5) is 0 Å². The number of amides is 1. The van der Waals surface area contributed by atoms with Crippen LogP contribution in [0.5, 0.6) is 0 Å². The monoisotopic (exact) mass is 262 g/mol. The largest absolute Gasteiger partial charge is 0.391 e. The van der Waals surface area contributed by atoms with Gasteiger partial charge in [-0.15, -0.1) is 0 Å². The van der Waals surface area contributed by atoms with Crippen molar-refractivity contribution >= 4 is 5.91 Å². The highest BCUT2D eigenvalue weighted by Crippen LogP contribution is 2.21. The molecule has 1 aliphatic carbocycles. The number of hydrogen-bond donors (Lipinski definition) is 3. The maximum atomic E-state index is 12.3. The summed E-state index contributed by atoms with van der Waals surface area (Å²) in [5.41, 5.74) is 5.86. The van der Waals surface area contributed by atoms with Crippen molar-refractivity contribution in [2.75, 3.05) is 0 Å². The first kappa shape index (κ1) is 14.0. The summed E-state index contributed by atoms with van der Waals surface area (Å²) in [6.45, 7) is 1.70. The van der Waals surface area contributed by atoms with Crippen molar-refractivity contribution in [2.45, 2.75) is 50.3 Å². The summed E-state index contributed by atoms with van der Waals surface area (Å²) in [6.07, 6.45) is 3.17. The third kappa shape index (κ3) is 3.14. The third-order valence-corrected chi connectivity index (χ3v) is 3.89. The molecule has 4 N–H and O–H groups in total. The number of aliphatic hydroxyl groups excluding tert-OH is 1. The van der Waals surface area contributed by atoms with Crippen molar-refractivity contribution in [1.82, 2.24) is 5.32 Å². The molecule has 0 spiro atoms. The number of benzene rings is 1. The maximum absolute atomic E-state index is 12.3. The van der Waals surface area contributed by atoms with Crippen molar-refractivity contribution in [2.24, 2.45) is 5.73 Å². The molecule has 0 aromatic heterocycles. The summed E-state index contributed by atoms with van der Waals surface area (Å²) in [7, 11) is 0. The number of nitrogens with two attached hydrogens (primary N) is 1. The standard InChI is InChI=1S/C15H22N2O2/c1-15(16,11-7-3-2-4-8-11)14(19)17-12-9-5-6-10-13(12)18/h2-4,7-8,12-13,18H,5-6,9-10,16H2,1H3,(H,17,19)/t12-,13-,15?/m0/s1. The van der Waals surface area contributed by atoms with Crippen LogP contribution in [-0.2, 0) is 10.3 Å². The molecule has 0 saturated heterocycles. The molecule has 0 heterocycles. The Morgan fingerprint density at radius 2 is 1.95 bits per heavy atom. The Balaban J connectivity index is 2.06. The minimum atomic E-state index is -1.07. The summed E-state index contributed by atoms with van der Waals surface area (Å²) in [5, 5.41) is 12.8. The first-order chi connectivity index (χ1) is 9.01. The van der Waals surface area contributed by atoms with Crippen LogP contribution in [0, 0.1) is 0 Å². The van der Waals surface area contributed by atoms with Crippen LogP contribution < -0.4 is 11.1 Å². The Labute approximate surface area is 114 Å². The maximum Gasteiger partial charge on any atom is 0.244 e. The van der Waals surface area contributed by atoms with E-state index in [2.05, 4.69) is 5.32 Å². The summed E-state index contributed by atoms with van der Waals surface area (Å²) in [5.74, 6) is -0.232. The number of rotatable bonds is 3. The highest BCUT2D eigenvalue weighted by atomic mass is 16.3. The van der Waals surface area contributed by atoms with Gasteiger partial charge in [0.1, 0.15) is 5.54 Å². The highest BCUT2D eigenvalue weighted by Gasteiger charge is 2.34. The molecular weight excluding hydrogens is 240 g/mol. The van der Waals surface area contributed by atoms with Crippen molar-refractivity contribution in [1.29, 1.82) is 0 Å². The molecule has 3 atom stereocenters. The molecule has 4 heteroatoms. The normalized spacial score (nSPS) is 26.5. The molecule has 4 nitrogen and oxygen atoms in total. The van der Waals surface area contributed by atoms with E-state index in [4.69, 9.17) is 5.73 Å². The Hall–Kier alpha value is -1.39. The lowest BCUT2D eigenvalue weighted by atomic mass is 9.89.